The highest BCUT2D eigenvalue weighted by Gasteiger charge is 2.20. The van der Waals surface area contributed by atoms with Gasteiger partial charge in [0.1, 0.15) is 17.2 Å². The molecule has 0 aromatic heterocycles. The normalized spacial score (nSPS) is 10.4. The first kappa shape index (κ1) is 20.1. The van der Waals surface area contributed by atoms with Crippen LogP contribution in [0.15, 0.2) is 66.7 Å². The van der Waals surface area contributed by atoms with Gasteiger partial charge in [-0.05, 0) is 66.4 Å². The molecule has 0 aliphatic rings. The zero-order valence-corrected chi connectivity index (χ0v) is 16.3. The number of carbonyl (C=O) groups excluding carboxylic acids is 2. The number of hydrogen-bond acceptors (Lipinski definition) is 5. The number of methoxy groups -OCH3 is 2. The van der Waals surface area contributed by atoms with Crippen molar-refractivity contribution in [2.75, 3.05) is 14.2 Å². The monoisotopic (exact) mass is 390 g/mol. The van der Waals surface area contributed by atoms with Gasteiger partial charge in [-0.1, -0.05) is 24.3 Å². The molecule has 0 fully saturated rings. The fraction of sp³-hybridized carbons (Fsp3) is 0.167. The van der Waals surface area contributed by atoms with Crippen LogP contribution in [-0.2, 0) is 12.8 Å². The van der Waals surface area contributed by atoms with E-state index in [9.17, 15) is 14.7 Å². The van der Waals surface area contributed by atoms with Crippen molar-refractivity contribution < 1.29 is 24.2 Å². The minimum absolute atomic E-state index is 0.0464. The van der Waals surface area contributed by atoms with E-state index in [4.69, 9.17) is 9.47 Å². The van der Waals surface area contributed by atoms with E-state index < -0.39 is 11.6 Å². The second kappa shape index (κ2) is 9.06. The zero-order valence-electron chi connectivity index (χ0n) is 16.3. The van der Waals surface area contributed by atoms with Crippen LogP contribution in [-0.4, -0.2) is 30.9 Å². The van der Waals surface area contributed by atoms with Crippen molar-refractivity contribution in [2.24, 2.45) is 0 Å². The predicted octanol–water partition coefficient (Wildman–Crippen LogP) is 4.26. The van der Waals surface area contributed by atoms with E-state index in [-0.39, 0.29) is 16.9 Å². The Kier molecular flexibility index (Phi) is 6.29. The van der Waals surface area contributed by atoms with E-state index in [1.54, 1.807) is 37.4 Å². The molecule has 0 heterocycles. The van der Waals surface area contributed by atoms with E-state index in [0.29, 0.717) is 18.6 Å². The number of aryl methyl sites for hydroxylation is 2. The topological polar surface area (TPSA) is 72.8 Å². The minimum atomic E-state index is -0.670. The Labute approximate surface area is 169 Å². The van der Waals surface area contributed by atoms with Crippen LogP contribution in [0.1, 0.15) is 31.8 Å². The van der Waals surface area contributed by atoms with E-state index in [1.807, 2.05) is 24.3 Å². The van der Waals surface area contributed by atoms with Gasteiger partial charge >= 0.3 is 0 Å². The van der Waals surface area contributed by atoms with Gasteiger partial charge in [0, 0.05) is 11.1 Å². The lowest BCUT2D eigenvalue weighted by Gasteiger charge is -2.08. The number of rotatable bonds is 8. The van der Waals surface area contributed by atoms with Crippen LogP contribution in [0, 0.1) is 0 Å². The smallest absolute Gasteiger partial charge is 0.233 e. The molecule has 0 saturated heterocycles. The van der Waals surface area contributed by atoms with Crippen molar-refractivity contribution in [3.63, 3.8) is 0 Å². The van der Waals surface area contributed by atoms with Crippen LogP contribution in [0.25, 0.3) is 0 Å². The van der Waals surface area contributed by atoms with Crippen molar-refractivity contribution in [3.8, 4) is 17.2 Å². The average molecular weight is 390 g/mol. The number of hydrogen-bond donors (Lipinski definition) is 1. The lowest BCUT2D eigenvalue weighted by molar-refractivity contribution is 0.0816. The summed E-state index contributed by atoms with van der Waals surface area (Å²) in [4.78, 5) is 25.3. The van der Waals surface area contributed by atoms with Gasteiger partial charge in [0.2, 0.25) is 11.6 Å². The number of aromatic hydroxyl groups is 1. The number of phenolic OH excluding ortho intramolecular Hbond substituents is 1. The standard InChI is InChI=1S/C24H22O5/c1-28-21-7-3-5-16(13-21)9-10-17-11-19(14-20(25)12-17)24(27)23(26)18-6-4-8-22(15-18)29-2/h3-8,11-15,25H,9-10H2,1-2H3. The minimum Gasteiger partial charge on any atom is -0.508 e. The summed E-state index contributed by atoms with van der Waals surface area (Å²) in [7, 11) is 3.11. The van der Waals surface area contributed by atoms with Crippen molar-refractivity contribution >= 4 is 11.6 Å². The van der Waals surface area contributed by atoms with Crippen LogP contribution in [0.3, 0.4) is 0 Å². The Morgan fingerprint density at radius 1 is 0.724 bits per heavy atom. The summed E-state index contributed by atoms with van der Waals surface area (Å²) in [6.45, 7) is 0. The number of carbonyl (C=O) groups is 2. The summed E-state index contributed by atoms with van der Waals surface area (Å²) in [5, 5.41) is 10.1. The van der Waals surface area contributed by atoms with Gasteiger partial charge in [-0.2, -0.15) is 0 Å². The molecule has 0 atom stereocenters. The van der Waals surface area contributed by atoms with E-state index >= 15 is 0 Å². The Morgan fingerprint density at radius 2 is 1.34 bits per heavy atom. The van der Waals surface area contributed by atoms with Gasteiger partial charge in [-0.15, -0.1) is 0 Å². The number of ether oxygens (including phenoxy) is 2. The summed E-state index contributed by atoms with van der Waals surface area (Å²) in [5.74, 6) is -0.0864. The van der Waals surface area contributed by atoms with Gasteiger partial charge in [0.25, 0.3) is 0 Å². The molecule has 29 heavy (non-hydrogen) atoms. The second-order valence-corrected chi connectivity index (χ2v) is 6.63. The molecule has 0 bridgehead atoms. The third-order valence-corrected chi connectivity index (χ3v) is 4.61. The lowest BCUT2D eigenvalue weighted by Crippen LogP contribution is -2.15. The molecule has 0 spiro atoms. The molecule has 0 radical (unpaired) electrons. The third-order valence-electron chi connectivity index (χ3n) is 4.61. The third kappa shape index (κ3) is 5.02. The molecule has 1 N–H and O–H groups in total. The fourth-order valence-electron chi connectivity index (χ4n) is 3.09. The fourth-order valence-corrected chi connectivity index (χ4v) is 3.09. The Bertz CT molecular complexity index is 1040. The van der Waals surface area contributed by atoms with E-state index in [0.717, 1.165) is 16.9 Å². The Hall–Kier alpha value is -3.60. The van der Waals surface area contributed by atoms with Gasteiger partial charge in [-0.25, -0.2) is 0 Å². The summed E-state index contributed by atoms with van der Waals surface area (Å²) in [6.07, 6.45) is 1.31. The first-order valence-corrected chi connectivity index (χ1v) is 9.19. The van der Waals surface area contributed by atoms with Gasteiger partial charge in [0.15, 0.2) is 0 Å². The number of Topliss-reactive ketones (excluding diaryl/α,β-unsaturated/α-hetero) is 2. The van der Waals surface area contributed by atoms with Crippen LogP contribution in [0.4, 0.5) is 0 Å². The molecule has 3 aromatic rings. The predicted molar refractivity (Wildman–Crippen MR) is 110 cm³/mol. The van der Waals surface area contributed by atoms with Crippen LogP contribution >= 0.6 is 0 Å². The summed E-state index contributed by atoms with van der Waals surface area (Å²) >= 11 is 0. The molecule has 0 amide bonds. The lowest BCUT2D eigenvalue weighted by atomic mass is 9.97. The zero-order chi connectivity index (χ0) is 20.8. The maximum Gasteiger partial charge on any atom is 0.233 e. The molecule has 3 aromatic carbocycles. The quantitative estimate of drug-likeness (QED) is 0.460. The maximum absolute atomic E-state index is 12.7. The first-order chi connectivity index (χ1) is 14.0. The number of benzene rings is 3. The second-order valence-electron chi connectivity index (χ2n) is 6.63. The van der Waals surface area contributed by atoms with Gasteiger partial charge in [0.05, 0.1) is 14.2 Å². The number of ketones is 2. The van der Waals surface area contributed by atoms with Crippen molar-refractivity contribution in [1.82, 2.24) is 0 Å². The highest BCUT2D eigenvalue weighted by molar-refractivity contribution is 6.49. The highest BCUT2D eigenvalue weighted by atomic mass is 16.5. The van der Waals surface area contributed by atoms with Crippen LogP contribution < -0.4 is 9.47 Å². The summed E-state index contributed by atoms with van der Waals surface area (Å²) < 4.78 is 10.3. The first-order valence-electron chi connectivity index (χ1n) is 9.19. The van der Waals surface area contributed by atoms with E-state index in [2.05, 4.69) is 0 Å². The summed E-state index contributed by atoms with van der Waals surface area (Å²) in [5.41, 5.74) is 2.26. The molecule has 5 nitrogen and oxygen atoms in total. The molecule has 148 valence electrons. The van der Waals surface area contributed by atoms with Crippen molar-refractivity contribution in [2.45, 2.75) is 12.8 Å². The van der Waals surface area contributed by atoms with Crippen LogP contribution in [0.5, 0.6) is 17.2 Å². The van der Waals surface area contributed by atoms with Crippen molar-refractivity contribution in [3.05, 3.63) is 89.0 Å². The highest BCUT2D eigenvalue weighted by Crippen LogP contribution is 2.21. The Morgan fingerprint density at radius 3 is 2.07 bits per heavy atom. The SMILES string of the molecule is COc1cccc(CCc2cc(O)cc(C(=O)C(=O)c3cccc(OC)c3)c2)c1. The Balaban J connectivity index is 1.78. The van der Waals surface area contributed by atoms with Crippen molar-refractivity contribution in [1.29, 1.82) is 0 Å². The largest absolute Gasteiger partial charge is 0.508 e. The molecule has 5 heteroatoms. The maximum atomic E-state index is 12.7. The molecule has 0 saturated carbocycles. The number of phenols is 1. The molecule has 3 rings (SSSR count). The molecule has 0 aliphatic carbocycles. The van der Waals surface area contributed by atoms with E-state index in [1.165, 1.54) is 19.2 Å². The molecular formula is C24H22O5. The van der Waals surface area contributed by atoms with Gasteiger partial charge < -0.3 is 14.6 Å². The summed E-state index contributed by atoms with van der Waals surface area (Å²) in [6, 6.07) is 18.7. The molecule has 0 unspecified atom stereocenters. The molecular weight excluding hydrogens is 368 g/mol. The molecule has 0 aliphatic heterocycles. The average Bonchev–Trinajstić information content (AvgIpc) is 2.76. The van der Waals surface area contributed by atoms with Gasteiger partial charge in [-0.3, -0.25) is 9.59 Å². The van der Waals surface area contributed by atoms with Crippen LogP contribution in [0.2, 0.25) is 0 Å².